The highest BCUT2D eigenvalue weighted by Crippen LogP contribution is 2.46. The minimum absolute atomic E-state index is 0.0427. The second kappa shape index (κ2) is 14.3. The minimum Gasteiger partial charge on any atom is -0.455 e. The first-order valence-corrected chi connectivity index (χ1v) is 14.9. The summed E-state index contributed by atoms with van der Waals surface area (Å²) >= 11 is 0. The molecule has 1 aliphatic carbocycles. The molecule has 2 heterocycles. The van der Waals surface area contributed by atoms with Crippen LogP contribution in [0.4, 0.5) is 4.39 Å². The first kappa shape index (κ1) is 33.5. The zero-order valence-corrected chi connectivity index (χ0v) is 25.3. The van der Waals surface area contributed by atoms with Crippen molar-refractivity contribution in [3.8, 4) is 11.5 Å². The Bertz CT molecular complexity index is 1730. The fourth-order valence-electron chi connectivity index (χ4n) is 5.48. The van der Waals surface area contributed by atoms with Crippen molar-refractivity contribution >= 4 is 40.4 Å². The van der Waals surface area contributed by atoms with Crippen LogP contribution in [0.2, 0.25) is 0 Å². The molecule has 3 aromatic rings. The predicted octanol–water partition coefficient (Wildman–Crippen LogP) is 1.25. The summed E-state index contributed by atoms with van der Waals surface area (Å²) in [5, 5.41) is 0.155. The Labute approximate surface area is 267 Å². The van der Waals surface area contributed by atoms with Gasteiger partial charge in [-0.25, -0.2) is 4.39 Å². The Balaban J connectivity index is 1.65. The van der Waals surface area contributed by atoms with Crippen LogP contribution in [-0.4, -0.2) is 84.9 Å². The van der Waals surface area contributed by atoms with E-state index in [1.54, 1.807) is 12.1 Å². The zero-order valence-electron chi connectivity index (χ0n) is 25.3. The molecule has 5 rings (SSSR count). The minimum atomic E-state index is -2.30. The number of halogens is 1. The summed E-state index contributed by atoms with van der Waals surface area (Å²) in [4.78, 5) is 69.8. The number of nitrogens with two attached hydrogens (primary N) is 3. The van der Waals surface area contributed by atoms with E-state index < -0.39 is 71.7 Å². The quantitative estimate of drug-likeness (QED) is 0.153. The number of hydrogen-bond donors (Lipinski definition) is 3. The number of carbonyl (C=O) groups is 5. The van der Waals surface area contributed by atoms with Gasteiger partial charge in [0.15, 0.2) is 35.3 Å². The third-order valence-corrected chi connectivity index (χ3v) is 7.59. The summed E-state index contributed by atoms with van der Waals surface area (Å²) in [6.45, 7) is 1.21. The van der Waals surface area contributed by atoms with Crippen LogP contribution in [-0.2, 0) is 28.6 Å². The molecular formula is C32H33FN4O10. The van der Waals surface area contributed by atoms with E-state index in [0.717, 1.165) is 0 Å². The van der Waals surface area contributed by atoms with Gasteiger partial charge in [0.1, 0.15) is 5.52 Å². The van der Waals surface area contributed by atoms with Crippen molar-refractivity contribution in [3.05, 3.63) is 64.8 Å². The number of esters is 3. The van der Waals surface area contributed by atoms with E-state index in [4.69, 9.17) is 40.9 Å². The third kappa shape index (κ3) is 6.55. The van der Waals surface area contributed by atoms with Crippen molar-refractivity contribution in [2.24, 2.45) is 17.2 Å². The average Bonchev–Trinajstić information content (AvgIpc) is 3.05. The summed E-state index contributed by atoms with van der Waals surface area (Å²) in [7, 11) is 0. The molecule has 1 saturated heterocycles. The lowest BCUT2D eigenvalue weighted by molar-refractivity contribution is -0.262. The number of fused-ring (bicyclic) bond motifs is 4. The number of benzene rings is 2. The lowest BCUT2D eigenvalue weighted by Crippen LogP contribution is -2.59. The molecule has 0 radical (unpaired) electrons. The molecule has 15 heteroatoms. The van der Waals surface area contributed by atoms with Crippen LogP contribution in [0.1, 0.15) is 58.0 Å². The molecule has 14 nitrogen and oxygen atoms in total. The maximum atomic E-state index is 16.4. The second-order valence-electron chi connectivity index (χ2n) is 10.8. The van der Waals surface area contributed by atoms with Crippen molar-refractivity contribution in [2.75, 3.05) is 19.6 Å². The molecular weight excluding hydrogens is 619 g/mol. The summed E-state index contributed by atoms with van der Waals surface area (Å²) in [5.41, 5.74) is 16.2. The highest BCUT2D eigenvalue weighted by atomic mass is 19.1. The fourth-order valence-corrected chi connectivity index (χ4v) is 5.48. The van der Waals surface area contributed by atoms with Gasteiger partial charge in [0.2, 0.25) is 12.5 Å². The largest absolute Gasteiger partial charge is 0.455 e. The van der Waals surface area contributed by atoms with Crippen LogP contribution < -0.4 is 26.7 Å². The van der Waals surface area contributed by atoms with Crippen LogP contribution in [0.15, 0.2) is 42.6 Å². The van der Waals surface area contributed by atoms with E-state index in [1.165, 1.54) is 37.4 Å². The third-order valence-electron chi connectivity index (χ3n) is 7.59. The summed E-state index contributed by atoms with van der Waals surface area (Å²) in [6.07, 6.45) is -7.79. The van der Waals surface area contributed by atoms with Gasteiger partial charge in [0, 0.05) is 47.9 Å². The molecule has 2 aromatic carbocycles. The topological polar surface area (TPSA) is 222 Å². The summed E-state index contributed by atoms with van der Waals surface area (Å²) in [5.74, 6) is -4.59. The molecule has 1 fully saturated rings. The SMILES string of the molecule is C[C@@H]1O[C@H](Oc2c(OC(=O)CCN)c3c(c4cccnc24)C(=O)c2ccccc2C3=O)[C@@H](F)[C@H](OC(=O)CCN)[C@@H]1OC(=O)CCN. The standard InChI is InChI=1S/C32H33FN4O10/c1-15-28(44-19(38)8-11-34)30(46-21(40)10-13-36)24(33)32(43-15)47-31-25-18(7-4-14-37-25)22-23(29(31)45-20(39)9-12-35)27(42)17-6-3-2-5-16(17)26(22)41/h2-7,14-15,24,28,30,32H,8-13,34-36H2,1H3/t15-,24-,28+,30-,32+/m0/s1. The number of rotatable bonds is 11. The maximum absolute atomic E-state index is 16.4. The first-order valence-electron chi connectivity index (χ1n) is 14.9. The van der Waals surface area contributed by atoms with E-state index in [0.29, 0.717) is 0 Å². The second-order valence-corrected chi connectivity index (χ2v) is 10.8. The number of alkyl halides is 1. The highest BCUT2D eigenvalue weighted by Gasteiger charge is 2.51. The van der Waals surface area contributed by atoms with Crippen molar-refractivity contribution in [1.82, 2.24) is 4.98 Å². The number of pyridine rings is 1. The molecule has 5 atom stereocenters. The van der Waals surface area contributed by atoms with Crippen molar-refractivity contribution < 1.29 is 52.0 Å². The molecule has 0 amide bonds. The van der Waals surface area contributed by atoms with E-state index >= 15 is 4.39 Å². The van der Waals surface area contributed by atoms with Gasteiger partial charge >= 0.3 is 17.9 Å². The van der Waals surface area contributed by atoms with Gasteiger partial charge in [-0.2, -0.15) is 0 Å². The molecule has 248 valence electrons. The summed E-state index contributed by atoms with van der Waals surface area (Å²) in [6, 6.07) is 9.17. The summed E-state index contributed by atoms with van der Waals surface area (Å²) < 4.78 is 44.7. The van der Waals surface area contributed by atoms with Gasteiger partial charge in [-0.05, 0) is 13.0 Å². The van der Waals surface area contributed by atoms with Crippen molar-refractivity contribution in [1.29, 1.82) is 0 Å². The number of ketones is 2. The molecule has 1 aliphatic heterocycles. The van der Waals surface area contributed by atoms with Crippen LogP contribution in [0.5, 0.6) is 11.5 Å². The van der Waals surface area contributed by atoms with Crippen LogP contribution in [0, 0.1) is 0 Å². The van der Waals surface area contributed by atoms with Gasteiger partial charge in [-0.1, -0.05) is 30.3 Å². The number of ether oxygens (including phenoxy) is 5. The zero-order chi connectivity index (χ0) is 33.8. The lowest BCUT2D eigenvalue weighted by atomic mass is 9.81. The van der Waals surface area contributed by atoms with Gasteiger partial charge < -0.3 is 40.9 Å². The van der Waals surface area contributed by atoms with E-state index in [1.807, 2.05) is 0 Å². The van der Waals surface area contributed by atoms with Crippen molar-refractivity contribution in [2.45, 2.75) is 57.0 Å². The average molecular weight is 653 g/mol. The highest BCUT2D eigenvalue weighted by molar-refractivity contribution is 6.33. The molecule has 0 unspecified atom stereocenters. The molecule has 2 aliphatic rings. The Morgan fingerprint density at radius 3 is 2.00 bits per heavy atom. The van der Waals surface area contributed by atoms with Gasteiger partial charge in [-0.3, -0.25) is 29.0 Å². The van der Waals surface area contributed by atoms with Gasteiger partial charge in [0.25, 0.3) is 0 Å². The smallest absolute Gasteiger partial charge is 0.312 e. The molecule has 0 bridgehead atoms. The van der Waals surface area contributed by atoms with E-state index in [2.05, 4.69) is 4.98 Å². The van der Waals surface area contributed by atoms with E-state index in [9.17, 15) is 24.0 Å². The fraction of sp³-hybridized carbons (Fsp3) is 0.375. The molecule has 0 saturated carbocycles. The number of carbonyl (C=O) groups excluding carboxylic acids is 5. The number of nitrogens with zero attached hydrogens (tertiary/aromatic N) is 1. The molecule has 0 spiro atoms. The Hall–Kier alpha value is -4.83. The predicted molar refractivity (Wildman–Crippen MR) is 161 cm³/mol. The van der Waals surface area contributed by atoms with Crippen LogP contribution in [0.25, 0.3) is 10.9 Å². The normalized spacial score (nSPS) is 21.9. The maximum Gasteiger partial charge on any atom is 0.312 e. The molecule has 6 N–H and O–H groups in total. The van der Waals surface area contributed by atoms with Crippen molar-refractivity contribution in [3.63, 3.8) is 0 Å². The first-order chi connectivity index (χ1) is 22.6. The Morgan fingerprint density at radius 1 is 0.809 bits per heavy atom. The van der Waals surface area contributed by atoms with Gasteiger partial charge in [0.05, 0.1) is 30.9 Å². The Kier molecular flexibility index (Phi) is 10.2. The number of aromatic nitrogens is 1. The van der Waals surface area contributed by atoms with E-state index in [-0.39, 0.29) is 72.1 Å². The van der Waals surface area contributed by atoms with Gasteiger partial charge in [-0.15, -0.1) is 0 Å². The molecule has 1 aromatic heterocycles. The molecule has 47 heavy (non-hydrogen) atoms. The van der Waals surface area contributed by atoms with Crippen LogP contribution in [0.3, 0.4) is 0 Å². The number of hydrogen-bond acceptors (Lipinski definition) is 14. The lowest BCUT2D eigenvalue weighted by Gasteiger charge is -2.41. The monoisotopic (exact) mass is 652 g/mol. The Morgan fingerprint density at radius 2 is 1.38 bits per heavy atom. The van der Waals surface area contributed by atoms with Crippen LogP contribution >= 0.6 is 0 Å².